The third-order valence-electron chi connectivity index (χ3n) is 2.17. The number of rotatable bonds is 5. The van der Waals surface area contributed by atoms with Crippen molar-refractivity contribution in [2.75, 3.05) is 0 Å². The second kappa shape index (κ2) is 6.15. The third kappa shape index (κ3) is 4.78. The van der Waals surface area contributed by atoms with E-state index in [2.05, 4.69) is 0 Å². The van der Waals surface area contributed by atoms with Crippen molar-refractivity contribution in [2.24, 2.45) is 0 Å². The van der Waals surface area contributed by atoms with E-state index < -0.39 is 4.92 Å². The van der Waals surface area contributed by atoms with E-state index in [4.69, 9.17) is 11.6 Å². The average molecular weight is 254 g/mol. The van der Waals surface area contributed by atoms with Gasteiger partial charge in [0.1, 0.15) is 5.78 Å². The van der Waals surface area contributed by atoms with Crippen molar-refractivity contribution >= 4 is 23.5 Å². The summed E-state index contributed by atoms with van der Waals surface area (Å²) in [5, 5.41) is 11.4. The Balaban J connectivity index is 2.86. The second-order valence-corrected chi connectivity index (χ2v) is 4.08. The zero-order valence-electron chi connectivity index (χ0n) is 9.35. The fraction of sp³-hybridized carbons (Fsp3) is 0.250. The molecule has 1 aromatic rings. The van der Waals surface area contributed by atoms with Gasteiger partial charge in [0.15, 0.2) is 0 Å². The maximum Gasteiger partial charge on any atom is 0.247 e. The highest BCUT2D eigenvalue weighted by molar-refractivity contribution is 6.30. The first-order valence-electron chi connectivity index (χ1n) is 5.09. The van der Waals surface area contributed by atoms with Gasteiger partial charge in [0.05, 0.1) is 4.92 Å². The van der Waals surface area contributed by atoms with E-state index in [0.29, 0.717) is 10.6 Å². The first kappa shape index (κ1) is 13.4. The zero-order valence-corrected chi connectivity index (χ0v) is 10.1. The molecular formula is C12H12ClNO3. The van der Waals surface area contributed by atoms with Crippen LogP contribution in [0.25, 0.3) is 6.08 Å². The number of Topliss-reactive ketones (excluding diaryl/α,β-unsaturated/α-hetero) is 1. The minimum atomic E-state index is -0.461. The summed E-state index contributed by atoms with van der Waals surface area (Å²) >= 11 is 5.71. The molecule has 17 heavy (non-hydrogen) atoms. The average Bonchev–Trinajstić information content (AvgIpc) is 2.26. The third-order valence-corrected chi connectivity index (χ3v) is 2.42. The van der Waals surface area contributed by atoms with Crippen LogP contribution in [0.4, 0.5) is 0 Å². The quantitative estimate of drug-likeness (QED) is 0.597. The molecule has 0 saturated carbocycles. The number of hydrogen-bond donors (Lipinski definition) is 0. The molecule has 0 amide bonds. The normalized spacial score (nSPS) is 11.3. The summed E-state index contributed by atoms with van der Waals surface area (Å²) < 4.78 is 0. The maximum atomic E-state index is 10.8. The lowest BCUT2D eigenvalue weighted by molar-refractivity contribution is -0.426. The molecule has 0 aromatic heterocycles. The van der Waals surface area contributed by atoms with E-state index in [0.717, 1.165) is 0 Å². The summed E-state index contributed by atoms with van der Waals surface area (Å²) in [6, 6.07) is 6.71. The highest BCUT2D eigenvalue weighted by atomic mass is 35.5. The van der Waals surface area contributed by atoms with Crippen LogP contribution in [0.2, 0.25) is 5.02 Å². The largest absolute Gasteiger partial charge is 0.300 e. The molecule has 0 aliphatic carbocycles. The molecule has 5 heteroatoms. The van der Waals surface area contributed by atoms with E-state index in [-0.39, 0.29) is 24.3 Å². The lowest BCUT2D eigenvalue weighted by Gasteiger charge is -1.98. The Morgan fingerprint density at radius 1 is 1.35 bits per heavy atom. The van der Waals surface area contributed by atoms with Crippen LogP contribution in [0.1, 0.15) is 25.3 Å². The number of hydrogen-bond acceptors (Lipinski definition) is 3. The molecule has 0 N–H and O–H groups in total. The fourth-order valence-corrected chi connectivity index (χ4v) is 1.40. The SMILES string of the molecule is CC(=O)CC/C(=C\c1ccc(Cl)cc1)[N+](=O)[O-]. The monoisotopic (exact) mass is 253 g/mol. The first-order chi connectivity index (χ1) is 7.99. The summed E-state index contributed by atoms with van der Waals surface area (Å²) in [5.41, 5.74) is 0.729. The van der Waals surface area contributed by atoms with Crippen molar-refractivity contribution in [2.45, 2.75) is 19.8 Å². The van der Waals surface area contributed by atoms with E-state index >= 15 is 0 Å². The second-order valence-electron chi connectivity index (χ2n) is 3.65. The number of carbonyl (C=O) groups is 1. The minimum absolute atomic E-state index is 0.0301. The predicted molar refractivity (Wildman–Crippen MR) is 66.3 cm³/mol. The Bertz CT molecular complexity index is 451. The van der Waals surface area contributed by atoms with E-state index in [1.54, 1.807) is 24.3 Å². The minimum Gasteiger partial charge on any atom is -0.300 e. The molecule has 0 fully saturated rings. The standard InChI is InChI=1S/C12H12ClNO3/c1-9(15)2-7-12(14(16)17)8-10-3-5-11(13)6-4-10/h3-6,8H,2,7H2,1H3/b12-8+. The number of allylic oxidation sites excluding steroid dienone is 1. The van der Waals surface area contributed by atoms with Gasteiger partial charge in [-0.2, -0.15) is 0 Å². The number of carbonyl (C=O) groups excluding carboxylic acids is 1. The molecule has 0 aliphatic heterocycles. The molecular weight excluding hydrogens is 242 g/mol. The summed E-state index contributed by atoms with van der Waals surface area (Å²) in [7, 11) is 0. The molecule has 0 aliphatic rings. The van der Waals surface area contributed by atoms with E-state index in [9.17, 15) is 14.9 Å². The van der Waals surface area contributed by atoms with Gasteiger partial charge in [-0.15, -0.1) is 0 Å². The topological polar surface area (TPSA) is 60.2 Å². The molecule has 1 aromatic carbocycles. The van der Waals surface area contributed by atoms with Gasteiger partial charge in [0, 0.05) is 23.9 Å². The van der Waals surface area contributed by atoms with Crippen LogP contribution >= 0.6 is 11.6 Å². The first-order valence-corrected chi connectivity index (χ1v) is 5.47. The van der Waals surface area contributed by atoms with Crippen molar-refractivity contribution in [1.29, 1.82) is 0 Å². The van der Waals surface area contributed by atoms with Gasteiger partial charge in [-0.1, -0.05) is 23.7 Å². The van der Waals surface area contributed by atoms with Gasteiger partial charge in [0.2, 0.25) is 5.70 Å². The van der Waals surface area contributed by atoms with Crippen molar-refractivity contribution in [3.05, 3.63) is 50.7 Å². The van der Waals surface area contributed by atoms with Crippen molar-refractivity contribution < 1.29 is 9.72 Å². The lowest BCUT2D eigenvalue weighted by atomic mass is 10.1. The molecule has 0 radical (unpaired) electrons. The molecule has 0 unspecified atom stereocenters. The number of halogens is 1. The molecule has 0 atom stereocenters. The highest BCUT2D eigenvalue weighted by Crippen LogP contribution is 2.15. The number of ketones is 1. The number of nitrogens with zero attached hydrogens (tertiary/aromatic N) is 1. The van der Waals surface area contributed by atoms with Gasteiger partial charge in [-0.05, 0) is 24.6 Å². The molecule has 0 spiro atoms. The van der Waals surface area contributed by atoms with Gasteiger partial charge in [-0.25, -0.2) is 0 Å². The maximum absolute atomic E-state index is 10.8. The van der Waals surface area contributed by atoms with Crippen LogP contribution in [-0.4, -0.2) is 10.7 Å². The van der Waals surface area contributed by atoms with Crippen molar-refractivity contribution in [1.82, 2.24) is 0 Å². The number of benzene rings is 1. The lowest BCUT2D eigenvalue weighted by Crippen LogP contribution is -2.01. The van der Waals surface area contributed by atoms with Crippen LogP contribution in [0, 0.1) is 10.1 Å². The summed E-state index contributed by atoms with van der Waals surface area (Å²) in [6.07, 6.45) is 1.78. The molecule has 0 heterocycles. The Morgan fingerprint density at radius 2 is 1.94 bits per heavy atom. The van der Waals surface area contributed by atoms with Crippen LogP contribution in [-0.2, 0) is 4.79 Å². The van der Waals surface area contributed by atoms with Gasteiger partial charge < -0.3 is 4.79 Å². The van der Waals surface area contributed by atoms with Gasteiger partial charge in [0.25, 0.3) is 0 Å². The molecule has 1 rings (SSSR count). The summed E-state index contributed by atoms with van der Waals surface area (Å²) in [6.45, 7) is 1.42. The molecule has 90 valence electrons. The molecule has 0 saturated heterocycles. The summed E-state index contributed by atoms with van der Waals surface area (Å²) in [5.74, 6) is -0.0612. The van der Waals surface area contributed by atoms with Crippen molar-refractivity contribution in [3.63, 3.8) is 0 Å². The Morgan fingerprint density at radius 3 is 2.41 bits per heavy atom. The van der Waals surface area contributed by atoms with E-state index in [1.165, 1.54) is 13.0 Å². The Kier molecular flexibility index (Phi) is 4.84. The predicted octanol–water partition coefficient (Wildman–Crippen LogP) is 3.33. The van der Waals surface area contributed by atoms with E-state index in [1.807, 2.05) is 0 Å². The fourth-order valence-electron chi connectivity index (χ4n) is 1.27. The van der Waals surface area contributed by atoms with Crippen LogP contribution in [0.3, 0.4) is 0 Å². The molecule has 4 nitrogen and oxygen atoms in total. The van der Waals surface area contributed by atoms with Gasteiger partial charge >= 0.3 is 0 Å². The number of nitro groups is 1. The highest BCUT2D eigenvalue weighted by Gasteiger charge is 2.11. The van der Waals surface area contributed by atoms with Crippen LogP contribution in [0.5, 0.6) is 0 Å². The Labute approximate surface area is 104 Å². The smallest absolute Gasteiger partial charge is 0.247 e. The van der Waals surface area contributed by atoms with Crippen LogP contribution in [0.15, 0.2) is 30.0 Å². The Hall–Kier alpha value is -1.68. The molecule has 0 bridgehead atoms. The van der Waals surface area contributed by atoms with Gasteiger partial charge in [-0.3, -0.25) is 10.1 Å². The van der Waals surface area contributed by atoms with Crippen molar-refractivity contribution in [3.8, 4) is 0 Å². The summed E-state index contributed by atoms with van der Waals surface area (Å²) in [4.78, 5) is 21.1. The van der Waals surface area contributed by atoms with Crippen LogP contribution < -0.4 is 0 Å². The zero-order chi connectivity index (χ0) is 12.8.